The number of nitrogens with one attached hydrogen (secondary N) is 1. The Hall–Kier alpha value is -1.86. The zero-order valence-corrected chi connectivity index (χ0v) is 14.8. The molecular weight excluding hydrogens is 407 g/mol. The van der Waals surface area contributed by atoms with Gasteiger partial charge in [-0.15, -0.1) is 0 Å². The first-order valence-electron chi connectivity index (χ1n) is 6.61. The molecule has 0 amide bonds. The minimum Gasteiger partial charge on any atom is -0.394 e. The van der Waals surface area contributed by atoms with Gasteiger partial charge in [0.15, 0.2) is 6.29 Å². The number of nitrogen functional groups attached to an aromatic ring is 1. The minimum atomic E-state index is -1.64. The van der Waals surface area contributed by atoms with Crippen molar-refractivity contribution in [3.8, 4) is 0 Å². The SMILES string of the molecule is NC(C[SeH])C(=O)O.Nc1cc[nH]c(=O)n1.O=CC(O)C(O)C(O)CO. The predicted octanol–water partition coefficient (Wildman–Crippen LogP) is -4.67. The van der Waals surface area contributed by atoms with Gasteiger partial charge < -0.3 is 35.9 Å². The number of aliphatic hydroxyl groups is 4. The quantitative estimate of drug-likeness (QED) is 0.158. The second-order valence-electron chi connectivity index (χ2n) is 4.31. The van der Waals surface area contributed by atoms with Gasteiger partial charge in [-0.2, -0.15) is 4.98 Å². The van der Waals surface area contributed by atoms with Gasteiger partial charge in [-0.05, 0) is 6.07 Å². The molecule has 0 spiro atoms. The number of aldehydes is 1. The van der Waals surface area contributed by atoms with E-state index in [0.29, 0.717) is 5.32 Å². The van der Waals surface area contributed by atoms with Crippen LogP contribution in [0.5, 0.6) is 0 Å². The predicted molar refractivity (Wildman–Crippen MR) is 88.0 cm³/mol. The van der Waals surface area contributed by atoms with Crippen LogP contribution in [0.25, 0.3) is 0 Å². The summed E-state index contributed by atoms with van der Waals surface area (Å²) in [5.74, 6) is -0.700. The minimum absolute atomic E-state index is 0.0869. The molecule has 25 heavy (non-hydrogen) atoms. The first-order valence-corrected chi connectivity index (χ1v) is 7.94. The molecular formula is C12H22N4O8Se. The number of carbonyl (C=O) groups excluding carboxylic acids is 1. The fourth-order valence-electron chi connectivity index (χ4n) is 0.879. The molecule has 0 aliphatic rings. The molecule has 1 aromatic heterocycles. The van der Waals surface area contributed by atoms with E-state index in [9.17, 15) is 14.4 Å². The first-order chi connectivity index (χ1) is 11.6. The van der Waals surface area contributed by atoms with Crippen LogP contribution in [0.4, 0.5) is 5.82 Å². The fraction of sp³-hybridized carbons (Fsp3) is 0.500. The van der Waals surface area contributed by atoms with E-state index in [1.165, 1.54) is 12.3 Å². The average Bonchev–Trinajstić information content (AvgIpc) is 2.59. The van der Waals surface area contributed by atoms with Gasteiger partial charge in [0.25, 0.3) is 0 Å². The number of hydrogen-bond acceptors (Lipinski definition) is 10. The number of aromatic nitrogens is 2. The van der Waals surface area contributed by atoms with Crippen molar-refractivity contribution in [3.05, 3.63) is 22.7 Å². The van der Waals surface area contributed by atoms with Crippen LogP contribution in [0, 0.1) is 0 Å². The van der Waals surface area contributed by atoms with Crippen molar-refractivity contribution < 1.29 is 35.1 Å². The summed E-state index contributed by atoms with van der Waals surface area (Å²) in [4.78, 5) is 35.5. The standard InChI is InChI=1S/C5H10O5.C4H5N3O.C3H7NO2Se/c6-1-3(8)5(10)4(9)2-7;5-3-1-2-6-4(8)7-3;4-2(1-7)3(5)6/h1,3-5,7-10H,2H2;1-2H,(H3,5,6,7,8);2,7H,1,4H2,(H,5,6). The number of carbonyl (C=O) groups is 2. The number of aliphatic carboxylic acids is 1. The van der Waals surface area contributed by atoms with Crippen molar-refractivity contribution in [1.29, 1.82) is 0 Å². The number of carboxylic acids is 1. The van der Waals surface area contributed by atoms with Gasteiger partial charge in [-0.1, -0.05) is 0 Å². The summed E-state index contributed by atoms with van der Waals surface area (Å²) >= 11 is 2.13. The molecule has 4 unspecified atom stereocenters. The zero-order valence-electron chi connectivity index (χ0n) is 13.0. The molecule has 144 valence electrons. The Balaban J connectivity index is 0. The van der Waals surface area contributed by atoms with Crippen LogP contribution in [0.15, 0.2) is 17.1 Å². The van der Waals surface area contributed by atoms with Crippen molar-refractivity contribution in [2.45, 2.75) is 29.7 Å². The largest absolute Gasteiger partial charge is 0.394 e. The number of aliphatic hydroxyl groups excluding tert-OH is 4. The van der Waals surface area contributed by atoms with Crippen molar-refractivity contribution in [2.24, 2.45) is 5.73 Å². The maximum absolute atomic E-state index is 10.2. The maximum Gasteiger partial charge on any atom is 0.346 e. The molecule has 0 aromatic carbocycles. The Morgan fingerprint density at radius 1 is 1.40 bits per heavy atom. The number of nitrogens with two attached hydrogens (primary N) is 2. The molecule has 1 heterocycles. The molecule has 0 saturated carbocycles. The normalized spacial score (nSPS) is 14.5. The van der Waals surface area contributed by atoms with Gasteiger partial charge in [0, 0.05) is 6.20 Å². The smallest absolute Gasteiger partial charge is 0.346 e. The number of H-pyrrole nitrogens is 1. The van der Waals surface area contributed by atoms with Crippen molar-refractivity contribution in [1.82, 2.24) is 9.97 Å². The Kier molecular flexibility index (Phi) is 14.7. The molecule has 1 rings (SSSR count). The summed E-state index contributed by atoms with van der Waals surface area (Å²) in [6.07, 6.45) is -3.18. The molecule has 0 bridgehead atoms. The topological polar surface area (TPSA) is 233 Å². The Morgan fingerprint density at radius 3 is 2.20 bits per heavy atom. The maximum atomic E-state index is 10.2. The van der Waals surface area contributed by atoms with E-state index in [1.807, 2.05) is 0 Å². The summed E-state index contributed by atoms with van der Waals surface area (Å²) in [6, 6.07) is 0.807. The van der Waals surface area contributed by atoms with Crippen LogP contribution in [0.3, 0.4) is 0 Å². The van der Waals surface area contributed by atoms with E-state index < -0.39 is 42.6 Å². The van der Waals surface area contributed by atoms with Gasteiger partial charge in [0.05, 0.1) is 6.61 Å². The van der Waals surface area contributed by atoms with Crippen LogP contribution in [-0.2, 0) is 9.59 Å². The fourth-order valence-corrected chi connectivity index (χ4v) is 1.21. The van der Waals surface area contributed by atoms with Crippen LogP contribution in [-0.4, -0.2) is 94.7 Å². The Morgan fingerprint density at radius 2 is 1.96 bits per heavy atom. The van der Waals surface area contributed by atoms with Crippen molar-refractivity contribution >= 4 is 34.1 Å². The monoisotopic (exact) mass is 430 g/mol. The first kappa shape index (κ1) is 25.4. The molecule has 0 saturated heterocycles. The van der Waals surface area contributed by atoms with Crippen LogP contribution >= 0.6 is 0 Å². The molecule has 0 fully saturated rings. The molecule has 0 radical (unpaired) electrons. The van der Waals surface area contributed by atoms with Crippen molar-refractivity contribution in [2.75, 3.05) is 12.3 Å². The third kappa shape index (κ3) is 13.1. The third-order valence-corrected chi connectivity index (χ3v) is 3.10. The van der Waals surface area contributed by atoms with Crippen molar-refractivity contribution in [3.63, 3.8) is 0 Å². The van der Waals surface area contributed by atoms with E-state index in [0.717, 1.165) is 0 Å². The number of rotatable bonds is 6. The third-order valence-electron chi connectivity index (χ3n) is 2.28. The summed E-state index contributed by atoms with van der Waals surface area (Å²) in [6.45, 7) is -0.688. The van der Waals surface area contributed by atoms with Gasteiger partial charge in [0.1, 0.15) is 24.1 Å². The van der Waals surface area contributed by atoms with E-state index in [-0.39, 0.29) is 12.1 Å². The number of hydrogen-bond donors (Lipinski definition) is 8. The second-order valence-corrected chi connectivity index (χ2v) is 5.08. The van der Waals surface area contributed by atoms with Crippen LogP contribution in [0.1, 0.15) is 0 Å². The molecule has 0 aliphatic carbocycles. The summed E-state index contributed by atoms with van der Waals surface area (Å²) < 4.78 is 0. The molecule has 12 nitrogen and oxygen atoms in total. The Bertz CT molecular complexity index is 558. The van der Waals surface area contributed by atoms with Crippen LogP contribution < -0.4 is 17.2 Å². The Labute approximate surface area is 150 Å². The van der Waals surface area contributed by atoms with E-state index in [1.54, 1.807) is 0 Å². The van der Waals surface area contributed by atoms with Crippen LogP contribution in [0.2, 0.25) is 5.32 Å². The molecule has 1 aromatic rings. The van der Waals surface area contributed by atoms with E-state index >= 15 is 0 Å². The summed E-state index contributed by atoms with van der Waals surface area (Å²) in [5.41, 5.74) is 9.72. The zero-order chi connectivity index (χ0) is 20.0. The molecule has 13 heteroatoms. The number of aromatic amines is 1. The number of nitrogens with zero attached hydrogens (tertiary/aromatic N) is 1. The van der Waals surface area contributed by atoms with Gasteiger partial charge >= 0.3 is 54.7 Å². The van der Waals surface area contributed by atoms with Gasteiger partial charge in [0.2, 0.25) is 0 Å². The molecule has 10 N–H and O–H groups in total. The molecule has 0 aliphatic heterocycles. The summed E-state index contributed by atoms with van der Waals surface area (Å²) in [7, 11) is 0. The number of carboxylic acid groups (broad SMARTS) is 1. The van der Waals surface area contributed by atoms with Gasteiger partial charge in [-0.25, -0.2) is 4.79 Å². The van der Waals surface area contributed by atoms with E-state index in [2.05, 4.69) is 26.0 Å². The summed E-state index contributed by atoms with van der Waals surface area (Å²) in [5, 5.41) is 42.5. The van der Waals surface area contributed by atoms with E-state index in [4.69, 9.17) is 37.0 Å². The number of anilines is 1. The average molecular weight is 429 g/mol. The van der Waals surface area contributed by atoms with Gasteiger partial charge in [-0.3, -0.25) is 0 Å². The molecule has 4 atom stereocenters. The second kappa shape index (κ2) is 14.5.